The molecule has 0 aromatic carbocycles. The molecular weight excluding hydrogens is 188 g/mol. The highest BCUT2D eigenvalue weighted by Crippen LogP contribution is 2.24. The SMILES string of the molecule is CN(CCNCCCCCCO)C1CC1. The first-order chi connectivity index (χ1) is 7.34. The maximum absolute atomic E-state index is 8.60. The van der Waals surface area contributed by atoms with E-state index in [0.29, 0.717) is 6.61 Å². The van der Waals surface area contributed by atoms with Crippen LogP contribution in [0.5, 0.6) is 0 Å². The number of hydrogen-bond acceptors (Lipinski definition) is 3. The van der Waals surface area contributed by atoms with Gasteiger partial charge >= 0.3 is 0 Å². The smallest absolute Gasteiger partial charge is 0.0431 e. The Morgan fingerprint density at radius 3 is 2.53 bits per heavy atom. The molecule has 0 aliphatic heterocycles. The zero-order valence-electron chi connectivity index (χ0n) is 10.0. The molecule has 0 amide bonds. The number of nitrogens with zero attached hydrogens (tertiary/aromatic N) is 1. The van der Waals surface area contributed by atoms with Gasteiger partial charge in [-0.1, -0.05) is 12.8 Å². The van der Waals surface area contributed by atoms with E-state index in [9.17, 15) is 0 Å². The molecule has 2 N–H and O–H groups in total. The molecule has 0 atom stereocenters. The number of unbranched alkanes of at least 4 members (excludes halogenated alkanes) is 3. The van der Waals surface area contributed by atoms with Crippen LogP contribution < -0.4 is 5.32 Å². The number of aliphatic hydroxyl groups excluding tert-OH is 1. The molecule has 1 fully saturated rings. The Morgan fingerprint density at radius 2 is 1.87 bits per heavy atom. The molecule has 1 rings (SSSR count). The van der Waals surface area contributed by atoms with Crippen molar-refractivity contribution < 1.29 is 5.11 Å². The molecule has 0 aromatic rings. The summed E-state index contributed by atoms with van der Waals surface area (Å²) in [5.41, 5.74) is 0. The molecule has 0 saturated heterocycles. The number of aliphatic hydroxyl groups is 1. The minimum Gasteiger partial charge on any atom is -0.396 e. The van der Waals surface area contributed by atoms with Gasteiger partial charge in [-0.25, -0.2) is 0 Å². The van der Waals surface area contributed by atoms with Crippen LogP contribution in [0.2, 0.25) is 0 Å². The van der Waals surface area contributed by atoms with E-state index in [1.807, 2.05) is 0 Å². The lowest BCUT2D eigenvalue weighted by atomic mass is 10.2. The molecule has 0 spiro atoms. The Bertz CT molecular complexity index is 149. The van der Waals surface area contributed by atoms with Gasteiger partial charge in [0.25, 0.3) is 0 Å². The average molecular weight is 214 g/mol. The second-order valence-electron chi connectivity index (χ2n) is 4.60. The molecule has 0 heterocycles. The molecule has 0 radical (unpaired) electrons. The summed E-state index contributed by atoms with van der Waals surface area (Å²) >= 11 is 0. The van der Waals surface area contributed by atoms with E-state index >= 15 is 0 Å². The zero-order valence-corrected chi connectivity index (χ0v) is 10.0. The Balaban J connectivity index is 1.72. The summed E-state index contributed by atoms with van der Waals surface area (Å²) in [5, 5.41) is 12.1. The van der Waals surface area contributed by atoms with E-state index < -0.39 is 0 Å². The second-order valence-corrected chi connectivity index (χ2v) is 4.60. The molecule has 3 nitrogen and oxygen atoms in total. The van der Waals surface area contributed by atoms with E-state index in [2.05, 4.69) is 17.3 Å². The minimum atomic E-state index is 0.347. The molecule has 15 heavy (non-hydrogen) atoms. The van der Waals surface area contributed by atoms with Crippen LogP contribution in [0.25, 0.3) is 0 Å². The molecule has 1 saturated carbocycles. The van der Waals surface area contributed by atoms with E-state index in [-0.39, 0.29) is 0 Å². The van der Waals surface area contributed by atoms with Crippen molar-refractivity contribution in [2.24, 2.45) is 0 Å². The van der Waals surface area contributed by atoms with E-state index in [1.165, 1.54) is 38.6 Å². The maximum Gasteiger partial charge on any atom is 0.0431 e. The third-order valence-electron chi connectivity index (χ3n) is 3.07. The van der Waals surface area contributed by atoms with Gasteiger partial charge < -0.3 is 15.3 Å². The van der Waals surface area contributed by atoms with Crippen LogP contribution in [-0.4, -0.2) is 49.3 Å². The predicted octanol–water partition coefficient (Wildman–Crippen LogP) is 1.22. The first-order valence-corrected chi connectivity index (χ1v) is 6.36. The number of nitrogens with one attached hydrogen (secondary N) is 1. The second kappa shape index (κ2) is 8.08. The van der Waals surface area contributed by atoms with Crippen molar-refractivity contribution in [3.63, 3.8) is 0 Å². The van der Waals surface area contributed by atoms with E-state index in [0.717, 1.165) is 25.6 Å². The first kappa shape index (κ1) is 12.9. The molecule has 0 aromatic heterocycles. The highest BCUT2D eigenvalue weighted by atomic mass is 16.2. The van der Waals surface area contributed by atoms with Crippen LogP contribution in [0.4, 0.5) is 0 Å². The monoisotopic (exact) mass is 214 g/mol. The molecule has 0 unspecified atom stereocenters. The Morgan fingerprint density at radius 1 is 1.13 bits per heavy atom. The fraction of sp³-hybridized carbons (Fsp3) is 1.00. The van der Waals surface area contributed by atoms with Gasteiger partial charge in [0.1, 0.15) is 0 Å². The molecular formula is C12H26N2O. The summed E-state index contributed by atoms with van der Waals surface area (Å²) in [4.78, 5) is 2.46. The lowest BCUT2D eigenvalue weighted by molar-refractivity contribution is 0.282. The highest BCUT2D eigenvalue weighted by Gasteiger charge is 2.25. The standard InChI is InChI=1S/C12H26N2O/c1-14(12-6-7-12)10-9-13-8-4-2-3-5-11-15/h12-13,15H,2-11H2,1H3. The van der Waals surface area contributed by atoms with Crippen molar-refractivity contribution in [3.05, 3.63) is 0 Å². The zero-order chi connectivity index (χ0) is 10.9. The largest absolute Gasteiger partial charge is 0.396 e. The van der Waals surface area contributed by atoms with Crippen LogP contribution in [0.15, 0.2) is 0 Å². The summed E-state index contributed by atoms with van der Waals surface area (Å²) in [5.74, 6) is 0. The Hall–Kier alpha value is -0.120. The van der Waals surface area contributed by atoms with Crippen LogP contribution in [0, 0.1) is 0 Å². The highest BCUT2D eigenvalue weighted by molar-refractivity contribution is 4.82. The molecule has 0 bridgehead atoms. The molecule has 90 valence electrons. The lowest BCUT2D eigenvalue weighted by Crippen LogP contribution is -2.31. The number of hydrogen-bond donors (Lipinski definition) is 2. The van der Waals surface area contributed by atoms with Crippen molar-refractivity contribution in [3.8, 4) is 0 Å². The van der Waals surface area contributed by atoms with Gasteiger partial charge in [0, 0.05) is 25.7 Å². The third kappa shape index (κ3) is 6.88. The van der Waals surface area contributed by atoms with Crippen molar-refractivity contribution in [1.29, 1.82) is 0 Å². The summed E-state index contributed by atoms with van der Waals surface area (Å²) in [7, 11) is 2.22. The Labute approximate surface area is 93.9 Å². The van der Waals surface area contributed by atoms with Crippen LogP contribution >= 0.6 is 0 Å². The van der Waals surface area contributed by atoms with Gasteiger partial charge in [-0.3, -0.25) is 0 Å². The number of likely N-dealkylation sites (N-methyl/N-ethyl adjacent to an activating group) is 1. The predicted molar refractivity (Wildman–Crippen MR) is 64.1 cm³/mol. The van der Waals surface area contributed by atoms with Crippen molar-refractivity contribution in [1.82, 2.24) is 10.2 Å². The molecule has 3 heteroatoms. The van der Waals surface area contributed by atoms with Crippen molar-refractivity contribution in [2.75, 3.05) is 33.3 Å². The van der Waals surface area contributed by atoms with Gasteiger partial charge in [0.05, 0.1) is 0 Å². The maximum atomic E-state index is 8.60. The van der Waals surface area contributed by atoms with Crippen molar-refractivity contribution in [2.45, 2.75) is 44.6 Å². The van der Waals surface area contributed by atoms with Gasteiger partial charge in [0.15, 0.2) is 0 Å². The third-order valence-corrected chi connectivity index (χ3v) is 3.07. The fourth-order valence-corrected chi connectivity index (χ4v) is 1.79. The molecule has 1 aliphatic carbocycles. The van der Waals surface area contributed by atoms with E-state index in [1.54, 1.807) is 0 Å². The summed E-state index contributed by atoms with van der Waals surface area (Å²) in [6.07, 6.45) is 7.42. The van der Waals surface area contributed by atoms with Gasteiger partial charge in [-0.2, -0.15) is 0 Å². The van der Waals surface area contributed by atoms with E-state index in [4.69, 9.17) is 5.11 Å². The minimum absolute atomic E-state index is 0.347. The van der Waals surface area contributed by atoms with Crippen LogP contribution in [-0.2, 0) is 0 Å². The topological polar surface area (TPSA) is 35.5 Å². The fourth-order valence-electron chi connectivity index (χ4n) is 1.79. The lowest BCUT2D eigenvalue weighted by Gasteiger charge is -2.15. The van der Waals surface area contributed by atoms with Crippen LogP contribution in [0.1, 0.15) is 38.5 Å². The van der Waals surface area contributed by atoms with Gasteiger partial charge in [-0.05, 0) is 39.3 Å². The average Bonchev–Trinajstić information content (AvgIpc) is 3.05. The molecule has 1 aliphatic rings. The normalized spacial score (nSPS) is 16.2. The number of rotatable bonds is 10. The summed E-state index contributed by atoms with van der Waals surface area (Å²) in [6.45, 7) is 3.78. The first-order valence-electron chi connectivity index (χ1n) is 6.36. The summed E-state index contributed by atoms with van der Waals surface area (Å²) in [6, 6.07) is 0.886. The van der Waals surface area contributed by atoms with Crippen molar-refractivity contribution >= 4 is 0 Å². The van der Waals surface area contributed by atoms with Gasteiger partial charge in [-0.15, -0.1) is 0 Å². The van der Waals surface area contributed by atoms with Gasteiger partial charge in [0.2, 0.25) is 0 Å². The van der Waals surface area contributed by atoms with Crippen LogP contribution in [0.3, 0.4) is 0 Å². The quantitative estimate of drug-likeness (QED) is 0.537. The summed E-state index contributed by atoms with van der Waals surface area (Å²) < 4.78 is 0. The Kier molecular flexibility index (Phi) is 6.98.